The fraction of sp³-hybridized carbons (Fsp3) is 0.118. The van der Waals surface area contributed by atoms with Crippen molar-refractivity contribution in [2.75, 3.05) is 5.32 Å². The van der Waals surface area contributed by atoms with Gasteiger partial charge in [0.05, 0.1) is 5.69 Å². The van der Waals surface area contributed by atoms with Gasteiger partial charge in [-0.05, 0) is 54.4 Å². The van der Waals surface area contributed by atoms with Gasteiger partial charge >= 0.3 is 0 Å². The molecule has 3 nitrogen and oxygen atoms in total. The van der Waals surface area contributed by atoms with E-state index in [1.807, 2.05) is 16.9 Å². The monoisotopic (exact) mass is 341 g/mol. The van der Waals surface area contributed by atoms with Crippen molar-refractivity contribution < 1.29 is 0 Å². The van der Waals surface area contributed by atoms with E-state index in [-0.39, 0.29) is 0 Å². The average Bonchev–Trinajstić information content (AvgIpc) is 3.03. The van der Waals surface area contributed by atoms with Gasteiger partial charge in [-0.2, -0.15) is 5.10 Å². The molecule has 1 aromatic heterocycles. The molecule has 0 atom stereocenters. The average molecular weight is 342 g/mol. The molecule has 0 aliphatic heterocycles. The highest BCUT2D eigenvalue weighted by atomic mass is 79.9. The summed E-state index contributed by atoms with van der Waals surface area (Å²) >= 11 is 3.52. The van der Waals surface area contributed by atoms with Crippen LogP contribution in [0.3, 0.4) is 0 Å². The molecule has 1 N–H and O–H groups in total. The smallest absolute Gasteiger partial charge is 0.0645 e. The summed E-state index contributed by atoms with van der Waals surface area (Å²) in [6.07, 6.45) is 3.73. The molecule has 0 bridgehead atoms. The maximum absolute atomic E-state index is 4.22. The van der Waals surface area contributed by atoms with E-state index in [0.29, 0.717) is 0 Å². The summed E-state index contributed by atoms with van der Waals surface area (Å²) in [6.45, 7) is 2.90. The molecule has 21 heavy (non-hydrogen) atoms. The quantitative estimate of drug-likeness (QED) is 0.754. The molecule has 0 saturated heterocycles. The highest BCUT2D eigenvalue weighted by molar-refractivity contribution is 9.10. The van der Waals surface area contributed by atoms with E-state index < -0.39 is 0 Å². The van der Waals surface area contributed by atoms with Crippen molar-refractivity contribution in [2.24, 2.45) is 0 Å². The lowest BCUT2D eigenvalue weighted by Gasteiger charge is -2.09. The predicted molar refractivity (Wildman–Crippen MR) is 89.8 cm³/mol. The van der Waals surface area contributed by atoms with Crippen LogP contribution < -0.4 is 5.32 Å². The van der Waals surface area contributed by atoms with Gasteiger partial charge in [0, 0.05) is 29.1 Å². The van der Waals surface area contributed by atoms with Crippen molar-refractivity contribution in [3.05, 3.63) is 76.5 Å². The Hall–Kier alpha value is -2.07. The summed E-state index contributed by atoms with van der Waals surface area (Å²) in [5.41, 5.74) is 4.68. The molecule has 0 amide bonds. The molecule has 0 radical (unpaired) electrons. The van der Waals surface area contributed by atoms with Crippen molar-refractivity contribution in [3.63, 3.8) is 0 Å². The first kappa shape index (κ1) is 13.9. The maximum atomic E-state index is 4.22. The van der Waals surface area contributed by atoms with E-state index in [9.17, 15) is 0 Å². The first-order valence-corrected chi connectivity index (χ1v) is 7.61. The number of nitrogens with one attached hydrogen (secondary N) is 1. The molecule has 1 heterocycles. The molecule has 3 rings (SSSR count). The summed E-state index contributed by atoms with van der Waals surface area (Å²) in [6, 6.07) is 16.6. The van der Waals surface area contributed by atoms with Crippen LogP contribution >= 0.6 is 15.9 Å². The number of benzene rings is 2. The Morgan fingerprint density at radius 2 is 1.95 bits per heavy atom. The number of nitrogens with zero attached hydrogens (tertiary/aromatic N) is 2. The van der Waals surface area contributed by atoms with Gasteiger partial charge in [-0.25, -0.2) is 4.68 Å². The molecule has 0 saturated carbocycles. The van der Waals surface area contributed by atoms with Gasteiger partial charge < -0.3 is 5.32 Å². The second kappa shape index (κ2) is 6.14. The zero-order chi connectivity index (χ0) is 14.7. The van der Waals surface area contributed by atoms with Crippen molar-refractivity contribution in [3.8, 4) is 5.69 Å². The lowest BCUT2D eigenvalue weighted by molar-refractivity contribution is 0.879. The topological polar surface area (TPSA) is 29.9 Å². The molecular weight excluding hydrogens is 326 g/mol. The minimum Gasteiger partial charge on any atom is -0.381 e. The molecule has 0 aliphatic rings. The van der Waals surface area contributed by atoms with Gasteiger partial charge in [0.25, 0.3) is 0 Å². The number of hydrogen-bond donors (Lipinski definition) is 1. The molecule has 2 aromatic carbocycles. The Labute approximate surface area is 132 Å². The van der Waals surface area contributed by atoms with Gasteiger partial charge in [0.2, 0.25) is 0 Å². The normalized spacial score (nSPS) is 10.6. The van der Waals surface area contributed by atoms with Crippen LogP contribution in [-0.2, 0) is 6.54 Å². The van der Waals surface area contributed by atoms with E-state index >= 15 is 0 Å². The third-order valence-electron chi connectivity index (χ3n) is 3.36. The van der Waals surface area contributed by atoms with Crippen molar-refractivity contribution in [2.45, 2.75) is 13.5 Å². The van der Waals surface area contributed by atoms with E-state index in [0.717, 1.165) is 22.4 Å². The molecule has 0 unspecified atom stereocenters. The first-order chi connectivity index (χ1) is 10.2. The van der Waals surface area contributed by atoms with Crippen LogP contribution in [0.25, 0.3) is 5.69 Å². The number of aryl methyl sites for hydroxylation is 1. The first-order valence-electron chi connectivity index (χ1n) is 6.81. The van der Waals surface area contributed by atoms with Crippen molar-refractivity contribution in [1.82, 2.24) is 9.78 Å². The van der Waals surface area contributed by atoms with E-state index in [4.69, 9.17) is 0 Å². The highest BCUT2D eigenvalue weighted by Gasteiger charge is 1.99. The van der Waals surface area contributed by atoms with Crippen LogP contribution in [0.4, 0.5) is 5.69 Å². The largest absolute Gasteiger partial charge is 0.381 e. The summed E-state index contributed by atoms with van der Waals surface area (Å²) in [5.74, 6) is 0. The van der Waals surface area contributed by atoms with Gasteiger partial charge in [-0.15, -0.1) is 0 Å². The van der Waals surface area contributed by atoms with Crippen LogP contribution in [0, 0.1) is 6.92 Å². The third kappa shape index (κ3) is 3.34. The van der Waals surface area contributed by atoms with Crippen molar-refractivity contribution in [1.29, 1.82) is 0 Å². The Morgan fingerprint density at radius 1 is 1.14 bits per heavy atom. The van der Waals surface area contributed by atoms with Crippen LogP contribution in [0.5, 0.6) is 0 Å². The molecule has 0 aliphatic carbocycles. The van der Waals surface area contributed by atoms with Gasteiger partial charge in [0.1, 0.15) is 0 Å². The molecule has 0 spiro atoms. The highest BCUT2D eigenvalue weighted by Crippen LogP contribution is 2.20. The van der Waals surface area contributed by atoms with Crippen LogP contribution in [0.1, 0.15) is 11.1 Å². The SMILES string of the molecule is Cc1cc(NCc2ccc(-n3cccn3)cc2)ccc1Br. The molecule has 0 fully saturated rings. The molecular formula is C17H16BrN3. The van der Waals surface area contributed by atoms with Gasteiger partial charge in [0.15, 0.2) is 0 Å². The number of anilines is 1. The fourth-order valence-electron chi connectivity index (χ4n) is 2.15. The Kier molecular flexibility index (Phi) is 4.06. The van der Waals surface area contributed by atoms with Crippen molar-refractivity contribution >= 4 is 21.6 Å². The maximum Gasteiger partial charge on any atom is 0.0645 e. The summed E-state index contributed by atoms with van der Waals surface area (Å²) in [4.78, 5) is 0. The zero-order valence-electron chi connectivity index (χ0n) is 11.8. The van der Waals surface area contributed by atoms with E-state index in [1.165, 1.54) is 11.1 Å². The third-order valence-corrected chi connectivity index (χ3v) is 4.25. The number of hydrogen-bond acceptors (Lipinski definition) is 2. The number of aromatic nitrogens is 2. The minimum atomic E-state index is 0.806. The predicted octanol–water partition coefficient (Wildman–Crippen LogP) is 4.56. The number of halogens is 1. The lowest BCUT2D eigenvalue weighted by Crippen LogP contribution is -2.00. The minimum absolute atomic E-state index is 0.806. The van der Waals surface area contributed by atoms with E-state index in [1.54, 1.807) is 6.20 Å². The van der Waals surface area contributed by atoms with Gasteiger partial charge in [-0.3, -0.25) is 0 Å². The Bertz CT molecular complexity index is 718. The van der Waals surface area contributed by atoms with E-state index in [2.05, 4.69) is 75.7 Å². The summed E-state index contributed by atoms with van der Waals surface area (Å²) < 4.78 is 2.99. The zero-order valence-corrected chi connectivity index (χ0v) is 13.3. The second-order valence-corrected chi connectivity index (χ2v) is 5.79. The molecule has 106 valence electrons. The standard InChI is InChI=1S/C17H16BrN3/c1-13-11-15(5-8-17(13)18)19-12-14-3-6-16(7-4-14)21-10-2-9-20-21/h2-11,19H,12H2,1H3. The second-order valence-electron chi connectivity index (χ2n) is 4.93. The van der Waals surface area contributed by atoms with Crippen LogP contribution in [0.2, 0.25) is 0 Å². The Morgan fingerprint density at radius 3 is 2.62 bits per heavy atom. The summed E-state index contributed by atoms with van der Waals surface area (Å²) in [7, 11) is 0. The molecule has 4 heteroatoms. The van der Waals surface area contributed by atoms with Crippen LogP contribution in [-0.4, -0.2) is 9.78 Å². The fourth-order valence-corrected chi connectivity index (χ4v) is 2.39. The van der Waals surface area contributed by atoms with Gasteiger partial charge in [-0.1, -0.05) is 28.1 Å². The van der Waals surface area contributed by atoms with Crippen LogP contribution in [0.15, 0.2) is 65.4 Å². The summed E-state index contributed by atoms with van der Waals surface area (Å²) in [5, 5.41) is 7.66. The lowest BCUT2D eigenvalue weighted by atomic mass is 10.2. The number of rotatable bonds is 4. The molecule has 3 aromatic rings. The Balaban J connectivity index is 1.66.